The molecule has 0 aromatic heterocycles. The first-order valence-corrected chi connectivity index (χ1v) is 16.5. The number of alkyl halides is 1. The highest BCUT2D eigenvalue weighted by Crippen LogP contribution is 2.49. The lowest BCUT2D eigenvalue weighted by Crippen LogP contribution is -2.41. The number of nitrogens with one attached hydrogen (secondary N) is 2. The van der Waals surface area contributed by atoms with Crippen molar-refractivity contribution in [2.24, 2.45) is 22.7 Å². The fraction of sp³-hybridized carbons (Fsp3) is 0.581. The molecular formula is C31H43FN3O9P. The molecular weight excluding hydrogens is 608 g/mol. The van der Waals surface area contributed by atoms with Crippen LogP contribution in [0, 0.1) is 29.6 Å². The van der Waals surface area contributed by atoms with Crippen LogP contribution in [-0.2, 0) is 39.3 Å². The fourth-order valence-corrected chi connectivity index (χ4v) is 5.86. The second-order valence-corrected chi connectivity index (χ2v) is 13.1. The third-order valence-corrected chi connectivity index (χ3v) is 8.62. The molecule has 1 aliphatic carbocycles. The van der Waals surface area contributed by atoms with Crippen molar-refractivity contribution < 1.29 is 47.3 Å². The van der Waals surface area contributed by atoms with Crippen LogP contribution in [-0.4, -0.2) is 72.3 Å². The first kappa shape index (κ1) is 36.4. The summed E-state index contributed by atoms with van der Waals surface area (Å²) < 4.78 is 50.5. The number of amides is 1. The Morgan fingerprint density at radius 1 is 1.29 bits per heavy atom. The van der Waals surface area contributed by atoms with Crippen LogP contribution in [0.25, 0.3) is 0 Å². The Morgan fingerprint density at radius 2 is 2.02 bits per heavy atom. The van der Waals surface area contributed by atoms with Gasteiger partial charge in [-0.3, -0.25) is 19.1 Å². The van der Waals surface area contributed by atoms with Crippen molar-refractivity contribution >= 4 is 25.8 Å². The second-order valence-electron chi connectivity index (χ2n) is 11.4. The van der Waals surface area contributed by atoms with Crippen molar-refractivity contribution in [1.29, 1.82) is 0 Å². The van der Waals surface area contributed by atoms with E-state index in [1.165, 1.54) is 6.08 Å². The van der Waals surface area contributed by atoms with Crippen LogP contribution in [0.5, 0.6) is 0 Å². The van der Waals surface area contributed by atoms with Crippen molar-refractivity contribution in [3.63, 3.8) is 0 Å². The number of ether oxygens (including phenoxy) is 2. The van der Waals surface area contributed by atoms with E-state index >= 15 is 0 Å². The Hall–Kier alpha value is -3.11. The average molecular weight is 652 g/mol. The van der Waals surface area contributed by atoms with Crippen molar-refractivity contribution in [1.82, 2.24) is 10.4 Å². The number of halogens is 1. The smallest absolute Gasteiger partial charge is 0.459 e. The molecule has 0 bridgehead atoms. The molecule has 12 nitrogen and oxygen atoms in total. The van der Waals surface area contributed by atoms with Gasteiger partial charge in [0.05, 0.1) is 12.7 Å². The molecule has 248 valence electrons. The summed E-state index contributed by atoms with van der Waals surface area (Å²) in [7, 11) is -4.25. The number of hydrogen-bond donors (Lipinski definition) is 4. The Balaban J connectivity index is 1.64. The van der Waals surface area contributed by atoms with Crippen molar-refractivity contribution in [3.05, 3.63) is 47.7 Å². The molecule has 4 N–H and O–H groups in total. The highest BCUT2D eigenvalue weighted by Gasteiger charge is 2.39. The van der Waals surface area contributed by atoms with Gasteiger partial charge in [-0.1, -0.05) is 62.9 Å². The zero-order chi connectivity index (χ0) is 33.0. The molecule has 8 atom stereocenters. The molecule has 0 saturated carbocycles. The molecule has 0 spiro atoms. The van der Waals surface area contributed by atoms with Gasteiger partial charge in [0.1, 0.15) is 25.0 Å². The number of nitrogens with zero attached hydrogens (tertiary/aromatic N) is 1. The van der Waals surface area contributed by atoms with E-state index in [-0.39, 0.29) is 24.9 Å². The number of rotatable bonds is 17. The zero-order valence-corrected chi connectivity index (χ0v) is 26.8. The lowest BCUT2D eigenvalue weighted by Gasteiger charge is -2.28. The lowest BCUT2D eigenvalue weighted by atomic mass is 9.85. The first-order chi connectivity index (χ1) is 21.3. The molecule has 2 aliphatic rings. The summed E-state index contributed by atoms with van der Waals surface area (Å²) in [4.78, 5) is 27.4. The normalized spacial score (nSPS) is 25.5. The molecule has 1 fully saturated rings. The van der Waals surface area contributed by atoms with Crippen molar-refractivity contribution in [3.8, 4) is 11.8 Å². The van der Waals surface area contributed by atoms with Crippen LogP contribution < -0.4 is 10.4 Å². The Kier molecular flexibility index (Phi) is 14.2. The Bertz CT molecular complexity index is 1300. The predicted molar refractivity (Wildman–Crippen MR) is 164 cm³/mol. The van der Waals surface area contributed by atoms with Crippen LogP contribution >= 0.6 is 7.75 Å². The largest absolute Gasteiger partial charge is 0.460 e. The van der Waals surface area contributed by atoms with Gasteiger partial charge >= 0.3 is 13.7 Å². The summed E-state index contributed by atoms with van der Waals surface area (Å²) in [5.74, 6) is 5.38. The first-order valence-electron chi connectivity index (χ1n) is 14.9. The summed E-state index contributed by atoms with van der Waals surface area (Å²) >= 11 is 0. The van der Waals surface area contributed by atoms with Crippen LogP contribution in [0.15, 0.2) is 47.2 Å². The number of aliphatic hydroxyl groups is 2. The van der Waals surface area contributed by atoms with Gasteiger partial charge < -0.3 is 29.5 Å². The number of aliphatic imine (C=N–C) groups is 1. The van der Waals surface area contributed by atoms with Crippen LogP contribution in [0.4, 0.5) is 4.39 Å². The van der Waals surface area contributed by atoms with Crippen LogP contribution in [0.2, 0.25) is 0 Å². The van der Waals surface area contributed by atoms with Gasteiger partial charge in [-0.2, -0.15) is 0 Å². The van der Waals surface area contributed by atoms with Gasteiger partial charge in [-0.25, -0.2) is 14.0 Å². The second kappa shape index (κ2) is 17.5. The molecule has 3 rings (SSSR count). The number of aliphatic hydroxyl groups excluding tert-OH is 2. The number of carbonyl (C=O) groups is 2. The average Bonchev–Trinajstić information content (AvgIpc) is 3.36. The molecule has 14 heteroatoms. The summed E-state index contributed by atoms with van der Waals surface area (Å²) in [6.07, 6.45) is -2.90. The van der Waals surface area contributed by atoms with E-state index in [2.05, 4.69) is 35.8 Å². The van der Waals surface area contributed by atoms with Gasteiger partial charge in [0, 0.05) is 37.5 Å². The van der Waals surface area contributed by atoms with Gasteiger partial charge in [0.2, 0.25) is 5.91 Å². The number of esters is 1. The van der Waals surface area contributed by atoms with E-state index < -0.39 is 63.6 Å². The van der Waals surface area contributed by atoms with Gasteiger partial charge in [-0.15, -0.1) is 0 Å². The molecule has 1 saturated heterocycles. The molecule has 8 unspecified atom stereocenters. The standard InChI is InChI=1S/C31H43FN3O9P/c1-20(2)13-14-24-11-8-12-27(21(24)3)44-45(40,34-17-30(38)41-18-23-9-6-5-7-10-23)42-19-28-26(37)15-29(43-28)33-16-25(32)31(39)35-22(4)36/h5-7,9-10,12,16,20-21,24-26,28-29,31,37,39H,13-15,17-19H2,1-4H3,(H,34,40)(H,35,36). The number of allylic oxidation sites excluding steroid dienone is 2. The van der Waals surface area contributed by atoms with Crippen LogP contribution in [0.3, 0.4) is 0 Å². The van der Waals surface area contributed by atoms with Gasteiger partial charge in [0.15, 0.2) is 18.6 Å². The molecule has 0 radical (unpaired) electrons. The third kappa shape index (κ3) is 12.3. The Labute approximate surface area is 263 Å². The summed E-state index contributed by atoms with van der Waals surface area (Å²) in [5, 5.41) is 24.7. The highest BCUT2D eigenvalue weighted by molar-refractivity contribution is 7.51. The van der Waals surface area contributed by atoms with E-state index in [1.54, 1.807) is 12.1 Å². The van der Waals surface area contributed by atoms with Gasteiger partial charge in [0.25, 0.3) is 0 Å². The molecule has 1 aliphatic heterocycles. The summed E-state index contributed by atoms with van der Waals surface area (Å²) in [6, 6.07) is 9.07. The van der Waals surface area contributed by atoms with E-state index in [4.69, 9.17) is 18.5 Å². The molecule has 1 aromatic carbocycles. The maximum absolute atomic E-state index is 14.1. The monoisotopic (exact) mass is 651 g/mol. The minimum atomic E-state index is -4.25. The highest BCUT2D eigenvalue weighted by atomic mass is 31.2. The van der Waals surface area contributed by atoms with Crippen molar-refractivity contribution in [2.75, 3.05) is 13.2 Å². The molecule has 1 aromatic rings. The minimum Gasteiger partial charge on any atom is -0.460 e. The van der Waals surface area contributed by atoms with Gasteiger partial charge in [-0.05, 0) is 24.3 Å². The van der Waals surface area contributed by atoms with E-state index in [0.29, 0.717) is 11.7 Å². The molecule has 1 heterocycles. The Morgan fingerprint density at radius 3 is 2.71 bits per heavy atom. The summed E-state index contributed by atoms with van der Waals surface area (Å²) in [6.45, 7) is 6.39. The number of hydrogen-bond acceptors (Lipinski definition) is 10. The summed E-state index contributed by atoms with van der Waals surface area (Å²) in [5.41, 5.74) is 0.780. The molecule has 45 heavy (non-hydrogen) atoms. The predicted octanol–water partition coefficient (Wildman–Crippen LogP) is 3.39. The van der Waals surface area contributed by atoms with E-state index in [9.17, 15) is 28.8 Å². The third-order valence-electron chi connectivity index (χ3n) is 7.14. The van der Waals surface area contributed by atoms with Crippen molar-refractivity contribution in [2.45, 2.75) is 84.4 Å². The number of benzene rings is 1. The maximum Gasteiger partial charge on any atom is 0.459 e. The quantitative estimate of drug-likeness (QED) is 0.0645. The minimum absolute atomic E-state index is 0.0221. The lowest BCUT2D eigenvalue weighted by molar-refractivity contribution is -0.143. The SMILES string of the molecule is CC(=O)NC(O)C(F)C=NC1CC(O)C(COP(=O)(NCC(=O)OCc2ccccc2)OC2=CC#CC(CCC(C)C)C2C)O1. The maximum atomic E-state index is 14.1. The fourth-order valence-electron chi connectivity index (χ4n) is 4.48. The van der Waals surface area contributed by atoms with E-state index in [1.807, 2.05) is 30.4 Å². The van der Waals surface area contributed by atoms with E-state index in [0.717, 1.165) is 31.5 Å². The van der Waals surface area contributed by atoms with Crippen LogP contribution in [0.1, 0.15) is 52.5 Å². The number of carbonyl (C=O) groups excluding carboxylic acids is 2. The topological polar surface area (TPSA) is 165 Å². The zero-order valence-electron chi connectivity index (χ0n) is 25.9. The molecule has 1 amide bonds.